The van der Waals surface area contributed by atoms with E-state index in [0.717, 1.165) is 21.0 Å². The van der Waals surface area contributed by atoms with E-state index in [1.807, 2.05) is 49.4 Å². The molecule has 0 aliphatic carbocycles. The highest BCUT2D eigenvalue weighted by Crippen LogP contribution is 2.42. The van der Waals surface area contributed by atoms with Gasteiger partial charge in [0.2, 0.25) is 5.82 Å². The van der Waals surface area contributed by atoms with Crippen molar-refractivity contribution in [2.24, 2.45) is 0 Å². The van der Waals surface area contributed by atoms with Crippen LogP contribution in [0.4, 0.5) is 10.1 Å². The van der Waals surface area contributed by atoms with Gasteiger partial charge in [-0.2, -0.15) is 4.98 Å². The first-order chi connectivity index (χ1) is 14.6. The van der Waals surface area contributed by atoms with Crippen LogP contribution in [0, 0.1) is 5.82 Å². The molecule has 148 valence electrons. The van der Waals surface area contributed by atoms with Crippen molar-refractivity contribution in [2.75, 3.05) is 11.4 Å². The molecule has 0 N–H and O–H groups in total. The number of nitrogens with zero attached hydrogens (tertiary/aromatic N) is 3. The van der Waals surface area contributed by atoms with E-state index in [2.05, 4.69) is 10.1 Å². The summed E-state index contributed by atoms with van der Waals surface area (Å²) in [4.78, 5) is 21.1. The summed E-state index contributed by atoms with van der Waals surface area (Å²) in [6.45, 7) is 2.52. The normalized spacial score (nSPS) is 13.0. The topological polar surface area (TPSA) is 59.2 Å². The third-order valence-electron chi connectivity index (χ3n) is 4.91. The molecule has 1 aromatic heterocycles. The van der Waals surface area contributed by atoms with Crippen LogP contribution in [0.15, 0.2) is 81.0 Å². The van der Waals surface area contributed by atoms with E-state index < -0.39 is 0 Å². The number of halogens is 1. The van der Waals surface area contributed by atoms with Gasteiger partial charge >= 0.3 is 0 Å². The molecule has 0 fully saturated rings. The Morgan fingerprint density at radius 1 is 1.00 bits per heavy atom. The summed E-state index contributed by atoms with van der Waals surface area (Å²) in [6, 6.07) is 19.4. The third kappa shape index (κ3) is 3.17. The summed E-state index contributed by atoms with van der Waals surface area (Å²) in [5.41, 5.74) is 2.82. The zero-order valence-electron chi connectivity index (χ0n) is 16.0. The molecule has 3 aromatic carbocycles. The van der Waals surface area contributed by atoms with Gasteiger partial charge in [0.25, 0.3) is 11.8 Å². The van der Waals surface area contributed by atoms with Crippen LogP contribution in [0.25, 0.3) is 22.8 Å². The number of hydrogen-bond acceptors (Lipinski definition) is 5. The second-order valence-corrected chi connectivity index (χ2v) is 7.85. The van der Waals surface area contributed by atoms with E-state index in [-0.39, 0.29) is 17.6 Å². The summed E-state index contributed by atoms with van der Waals surface area (Å²) in [5.74, 6) is 0.282. The lowest BCUT2D eigenvalue weighted by Gasteiger charge is -2.21. The zero-order chi connectivity index (χ0) is 20.7. The summed E-state index contributed by atoms with van der Waals surface area (Å²) in [7, 11) is 0. The molecule has 0 saturated carbocycles. The van der Waals surface area contributed by atoms with Gasteiger partial charge in [0.05, 0.1) is 11.3 Å². The number of benzene rings is 3. The Balaban J connectivity index is 1.57. The molecule has 4 aromatic rings. The van der Waals surface area contributed by atoms with Crippen LogP contribution in [-0.4, -0.2) is 22.6 Å². The van der Waals surface area contributed by atoms with Crippen LogP contribution < -0.4 is 4.90 Å². The lowest BCUT2D eigenvalue weighted by Crippen LogP contribution is -2.30. The number of hydrogen-bond donors (Lipinski definition) is 0. The molecule has 1 amide bonds. The van der Waals surface area contributed by atoms with Crippen molar-refractivity contribution in [3.05, 3.63) is 78.1 Å². The average Bonchev–Trinajstić information content (AvgIpc) is 3.22. The molecular weight excluding hydrogens is 401 g/mol. The maximum atomic E-state index is 13.5. The maximum absolute atomic E-state index is 13.5. The largest absolute Gasteiger partial charge is 0.334 e. The SMILES string of the molecule is CCN1C(=O)c2ccccc2Sc2cc(-c3noc(-c4cccc(F)c4)n3)ccc21. The van der Waals surface area contributed by atoms with Crippen LogP contribution in [0.1, 0.15) is 17.3 Å². The van der Waals surface area contributed by atoms with E-state index in [1.165, 1.54) is 12.1 Å². The van der Waals surface area contributed by atoms with Crippen molar-refractivity contribution in [2.45, 2.75) is 16.7 Å². The fourth-order valence-electron chi connectivity index (χ4n) is 3.46. The highest BCUT2D eigenvalue weighted by Gasteiger charge is 2.26. The monoisotopic (exact) mass is 417 g/mol. The molecule has 0 saturated heterocycles. The molecule has 0 spiro atoms. The van der Waals surface area contributed by atoms with Crippen molar-refractivity contribution in [3.63, 3.8) is 0 Å². The fraction of sp³-hybridized carbons (Fsp3) is 0.0870. The minimum Gasteiger partial charge on any atom is -0.334 e. The number of carbonyl (C=O) groups excluding carboxylic acids is 1. The minimum atomic E-state index is -0.364. The van der Waals surface area contributed by atoms with Crippen LogP contribution >= 0.6 is 11.8 Å². The molecule has 0 atom stereocenters. The predicted molar refractivity (Wildman–Crippen MR) is 113 cm³/mol. The van der Waals surface area contributed by atoms with Gasteiger partial charge in [-0.05, 0) is 55.5 Å². The molecule has 2 heterocycles. The first-order valence-electron chi connectivity index (χ1n) is 9.47. The van der Waals surface area contributed by atoms with E-state index in [9.17, 15) is 9.18 Å². The van der Waals surface area contributed by atoms with Gasteiger partial charge in [-0.3, -0.25) is 4.79 Å². The number of anilines is 1. The number of fused-ring (bicyclic) bond motifs is 2. The molecule has 7 heteroatoms. The van der Waals surface area contributed by atoms with Crippen molar-refractivity contribution in [1.29, 1.82) is 0 Å². The Kier molecular flexibility index (Phi) is 4.59. The van der Waals surface area contributed by atoms with Crippen LogP contribution in [0.3, 0.4) is 0 Å². The van der Waals surface area contributed by atoms with Gasteiger partial charge < -0.3 is 9.42 Å². The van der Waals surface area contributed by atoms with Crippen LogP contribution in [0.5, 0.6) is 0 Å². The Morgan fingerprint density at radius 2 is 1.87 bits per heavy atom. The van der Waals surface area contributed by atoms with Crippen LogP contribution in [-0.2, 0) is 0 Å². The van der Waals surface area contributed by atoms with Crippen molar-refractivity contribution in [1.82, 2.24) is 10.1 Å². The van der Waals surface area contributed by atoms with Crippen molar-refractivity contribution >= 4 is 23.4 Å². The molecule has 1 aliphatic rings. The van der Waals surface area contributed by atoms with Gasteiger partial charge in [0.1, 0.15) is 5.82 Å². The summed E-state index contributed by atoms with van der Waals surface area (Å²) in [5, 5.41) is 4.06. The fourth-order valence-corrected chi connectivity index (χ4v) is 4.57. The minimum absolute atomic E-state index is 0.0138. The van der Waals surface area contributed by atoms with E-state index in [1.54, 1.807) is 28.8 Å². The lowest BCUT2D eigenvalue weighted by molar-refractivity contribution is 0.0985. The average molecular weight is 417 g/mol. The molecule has 1 aliphatic heterocycles. The van der Waals surface area contributed by atoms with E-state index in [4.69, 9.17) is 4.52 Å². The number of amides is 1. The highest BCUT2D eigenvalue weighted by atomic mass is 32.2. The Hall–Kier alpha value is -3.45. The van der Waals surface area contributed by atoms with Crippen LogP contribution in [0.2, 0.25) is 0 Å². The van der Waals surface area contributed by atoms with Crippen molar-refractivity contribution < 1.29 is 13.7 Å². The number of aromatic nitrogens is 2. The second-order valence-electron chi connectivity index (χ2n) is 6.76. The lowest BCUT2D eigenvalue weighted by atomic mass is 10.1. The number of carbonyl (C=O) groups is 1. The molecular formula is C23H16FN3O2S. The summed E-state index contributed by atoms with van der Waals surface area (Å²) in [6.07, 6.45) is 0. The van der Waals surface area contributed by atoms with Crippen molar-refractivity contribution in [3.8, 4) is 22.8 Å². The first-order valence-corrected chi connectivity index (χ1v) is 10.3. The maximum Gasteiger partial charge on any atom is 0.259 e. The Labute approximate surface area is 176 Å². The quantitative estimate of drug-likeness (QED) is 0.430. The second kappa shape index (κ2) is 7.42. The first kappa shape index (κ1) is 18.6. The summed E-state index contributed by atoms with van der Waals surface area (Å²) >= 11 is 1.54. The predicted octanol–water partition coefficient (Wildman–Crippen LogP) is 5.67. The van der Waals surface area contributed by atoms with E-state index >= 15 is 0 Å². The Morgan fingerprint density at radius 3 is 2.70 bits per heavy atom. The molecule has 5 rings (SSSR count). The molecule has 0 bridgehead atoms. The number of rotatable bonds is 3. The van der Waals surface area contributed by atoms with Gasteiger partial charge in [0.15, 0.2) is 0 Å². The van der Waals surface area contributed by atoms with Gasteiger partial charge in [-0.15, -0.1) is 0 Å². The molecule has 30 heavy (non-hydrogen) atoms. The highest BCUT2D eigenvalue weighted by molar-refractivity contribution is 7.99. The van der Waals surface area contributed by atoms with Gasteiger partial charge in [0, 0.05) is 27.5 Å². The zero-order valence-corrected chi connectivity index (χ0v) is 16.8. The third-order valence-corrected chi connectivity index (χ3v) is 6.03. The van der Waals surface area contributed by atoms with Gasteiger partial charge in [-0.1, -0.05) is 35.1 Å². The Bertz CT molecular complexity index is 1270. The summed E-state index contributed by atoms with van der Waals surface area (Å²) < 4.78 is 18.9. The molecule has 5 nitrogen and oxygen atoms in total. The molecule has 0 radical (unpaired) electrons. The molecule has 0 unspecified atom stereocenters. The standard InChI is InChI=1S/C23H16FN3O2S/c1-2-27-18-11-10-14(13-20(18)30-19-9-4-3-8-17(19)23(27)28)21-25-22(29-26-21)15-6-5-7-16(24)12-15/h3-13H,2H2,1H3. The van der Waals surface area contributed by atoms with Gasteiger partial charge in [-0.25, -0.2) is 4.39 Å². The smallest absolute Gasteiger partial charge is 0.259 e. The van der Waals surface area contributed by atoms with E-state index in [0.29, 0.717) is 23.5 Å².